The molecule has 0 aromatic heterocycles. The molecule has 0 amide bonds. The van der Waals surface area contributed by atoms with Crippen LogP contribution in [0.2, 0.25) is 0 Å². The van der Waals surface area contributed by atoms with E-state index in [0.29, 0.717) is 0 Å². The van der Waals surface area contributed by atoms with Crippen LogP contribution in [0.5, 0.6) is 0 Å². The van der Waals surface area contributed by atoms with E-state index < -0.39 is 10.2 Å². The molecule has 0 aliphatic heterocycles. The van der Waals surface area contributed by atoms with Crippen LogP contribution >= 0.6 is 0 Å². The predicted octanol–water partition coefficient (Wildman–Crippen LogP) is 2.48. The molecule has 1 N–H and O–H groups in total. The van der Waals surface area contributed by atoms with Crippen molar-refractivity contribution in [1.82, 2.24) is 5.32 Å². The zero-order valence-corrected chi connectivity index (χ0v) is 13.4. The molecule has 0 fully saturated rings. The molecule has 0 aliphatic carbocycles. The number of nitrogens with one attached hydrogen (secondary N) is 1. The van der Waals surface area contributed by atoms with Crippen LogP contribution in [0.25, 0.3) is 0 Å². The van der Waals surface area contributed by atoms with Crippen LogP contribution in [0.4, 0.5) is 0 Å². The van der Waals surface area contributed by atoms with Gasteiger partial charge in [0.25, 0.3) is 0 Å². The maximum atomic E-state index is 8.25. The summed E-state index contributed by atoms with van der Waals surface area (Å²) in [7, 11) is 0. The normalized spacial score (nSPS) is 8.10. The van der Waals surface area contributed by atoms with Gasteiger partial charge in [0.05, 0.1) is 10.2 Å². The summed E-state index contributed by atoms with van der Waals surface area (Å²) in [5.41, 5.74) is 0. The standard InChI is InChI=1S/C10H23N.2NO3.Pd/c1-3-5-7-9-11-10-8-6-4-2;2*2-1(3)4;/h11H,3-10H2,1-2H3;;;/q;2*-1;+2. The van der Waals surface area contributed by atoms with Gasteiger partial charge in [0, 0.05) is 0 Å². The van der Waals surface area contributed by atoms with Crippen LogP contribution in [-0.2, 0) is 20.4 Å². The fourth-order valence-corrected chi connectivity index (χ4v) is 1.12. The van der Waals surface area contributed by atoms with Crippen molar-refractivity contribution < 1.29 is 30.6 Å². The maximum absolute atomic E-state index is 8.25. The molecule has 0 saturated carbocycles. The van der Waals surface area contributed by atoms with Crippen LogP contribution in [-0.4, -0.2) is 23.3 Å². The summed E-state index contributed by atoms with van der Waals surface area (Å²) in [6, 6.07) is 0. The molecule has 0 aromatic carbocycles. The van der Waals surface area contributed by atoms with Crippen LogP contribution in [0, 0.1) is 30.6 Å². The van der Waals surface area contributed by atoms with E-state index in [1.54, 1.807) is 0 Å². The van der Waals surface area contributed by atoms with Crippen LogP contribution in [0.3, 0.4) is 0 Å². The molecule has 0 radical (unpaired) electrons. The van der Waals surface area contributed by atoms with E-state index in [0.717, 1.165) is 0 Å². The third-order valence-electron chi connectivity index (χ3n) is 1.91. The second kappa shape index (κ2) is 26.6. The van der Waals surface area contributed by atoms with E-state index in [-0.39, 0.29) is 20.4 Å². The Balaban J connectivity index is -0.000000119. The summed E-state index contributed by atoms with van der Waals surface area (Å²) < 4.78 is 0. The fraction of sp³-hybridized carbons (Fsp3) is 1.00. The van der Waals surface area contributed by atoms with Crippen molar-refractivity contribution in [2.45, 2.75) is 52.4 Å². The topological polar surface area (TPSA) is 144 Å². The molecular formula is C10H23N3O6Pd. The van der Waals surface area contributed by atoms with Gasteiger partial charge in [-0.1, -0.05) is 39.5 Å². The SMILES string of the molecule is CCCCCNCCCCC.O=[N+]([O-])[O-].O=[N+]([O-])[O-].[Pd+2]. The first kappa shape index (κ1) is 27.4. The first-order chi connectivity index (χ1) is 8.88. The van der Waals surface area contributed by atoms with Crippen LogP contribution < -0.4 is 5.32 Å². The van der Waals surface area contributed by atoms with Gasteiger partial charge in [-0.05, 0) is 25.9 Å². The Kier molecular flexibility index (Phi) is 36.4. The monoisotopic (exact) mass is 387 g/mol. The van der Waals surface area contributed by atoms with Crippen LogP contribution in [0.15, 0.2) is 0 Å². The quantitative estimate of drug-likeness (QED) is 0.291. The molecule has 0 unspecified atom stereocenters. The number of hydrogen-bond donors (Lipinski definition) is 1. The molecule has 124 valence electrons. The average molecular weight is 388 g/mol. The van der Waals surface area contributed by atoms with E-state index in [1.807, 2.05) is 0 Å². The van der Waals surface area contributed by atoms with Gasteiger partial charge in [-0.15, -0.1) is 0 Å². The summed E-state index contributed by atoms with van der Waals surface area (Å²) in [6.07, 6.45) is 8.11. The smallest absolute Gasteiger partial charge is 0.356 e. The number of rotatable bonds is 8. The van der Waals surface area contributed by atoms with Crippen molar-refractivity contribution in [3.63, 3.8) is 0 Å². The van der Waals surface area contributed by atoms with E-state index in [9.17, 15) is 0 Å². The third-order valence-corrected chi connectivity index (χ3v) is 1.91. The minimum atomic E-state index is -1.75. The summed E-state index contributed by atoms with van der Waals surface area (Å²) in [5, 5.41) is 33.0. The van der Waals surface area contributed by atoms with Crippen LogP contribution in [0.1, 0.15) is 52.4 Å². The summed E-state index contributed by atoms with van der Waals surface area (Å²) in [6.45, 7) is 6.93. The van der Waals surface area contributed by atoms with E-state index >= 15 is 0 Å². The zero-order valence-electron chi connectivity index (χ0n) is 11.8. The molecule has 0 rings (SSSR count). The molecule has 0 spiro atoms. The molecule has 9 nitrogen and oxygen atoms in total. The molecule has 20 heavy (non-hydrogen) atoms. The van der Waals surface area contributed by atoms with E-state index in [4.69, 9.17) is 30.6 Å². The summed E-state index contributed by atoms with van der Waals surface area (Å²) >= 11 is 0. The number of nitrogens with zero attached hydrogens (tertiary/aromatic N) is 2. The van der Waals surface area contributed by atoms with Gasteiger partial charge in [-0.25, -0.2) is 0 Å². The molecule has 0 heterocycles. The minimum absolute atomic E-state index is 0. The number of hydrogen-bond acceptors (Lipinski definition) is 7. The zero-order chi connectivity index (χ0) is 15.5. The van der Waals surface area contributed by atoms with Gasteiger partial charge in [0.15, 0.2) is 0 Å². The second-order valence-corrected chi connectivity index (χ2v) is 3.61. The molecule has 10 heteroatoms. The largest absolute Gasteiger partial charge is 2.00 e. The van der Waals surface area contributed by atoms with Crippen molar-refractivity contribution in [3.05, 3.63) is 30.6 Å². The molecule has 0 saturated heterocycles. The Morgan fingerprint density at radius 2 is 1.00 bits per heavy atom. The Morgan fingerprint density at radius 3 is 1.20 bits per heavy atom. The Bertz CT molecular complexity index is 181. The van der Waals surface area contributed by atoms with Gasteiger partial charge in [0.1, 0.15) is 0 Å². The minimum Gasteiger partial charge on any atom is -0.356 e. The third kappa shape index (κ3) is 88.6. The number of unbranched alkanes of at least 4 members (excludes halogenated alkanes) is 4. The molecule has 0 bridgehead atoms. The average Bonchev–Trinajstić information content (AvgIpc) is 2.26. The molecule has 0 atom stereocenters. The van der Waals surface area contributed by atoms with Crippen molar-refractivity contribution in [1.29, 1.82) is 0 Å². The Labute approximate surface area is 132 Å². The molecular weight excluding hydrogens is 365 g/mol. The van der Waals surface area contributed by atoms with Crippen molar-refractivity contribution in [3.8, 4) is 0 Å². The second-order valence-electron chi connectivity index (χ2n) is 3.61. The Hall–Kier alpha value is -0.978. The predicted molar refractivity (Wildman–Crippen MR) is 72.6 cm³/mol. The van der Waals surface area contributed by atoms with Gasteiger partial charge >= 0.3 is 20.4 Å². The van der Waals surface area contributed by atoms with Crippen molar-refractivity contribution >= 4 is 0 Å². The molecule has 0 aliphatic rings. The summed E-state index contributed by atoms with van der Waals surface area (Å²) in [5.74, 6) is 0. The summed E-state index contributed by atoms with van der Waals surface area (Å²) in [4.78, 5) is 16.5. The van der Waals surface area contributed by atoms with E-state index in [2.05, 4.69) is 19.2 Å². The maximum Gasteiger partial charge on any atom is 2.00 e. The first-order valence-corrected chi connectivity index (χ1v) is 6.22. The van der Waals surface area contributed by atoms with Gasteiger partial charge < -0.3 is 36.0 Å². The van der Waals surface area contributed by atoms with E-state index in [1.165, 1.54) is 51.6 Å². The van der Waals surface area contributed by atoms with Crippen molar-refractivity contribution in [2.24, 2.45) is 0 Å². The van der Waals surface area contributed by atoms with Gasteiger partial charge in [-0.2, -0.15) is 0 Å². The molecule has 0 aromatic rings. The Morgan fingerprint density at radius 1 is 0.750 bits per heavy atom. The fourth-order valence-electron chi connectivity index (χ4n) is 1.12. The van der Waals surface area contributed by atoms with Gasteiger partial charge in [0.2, 0.25) is 0 Å². The first-order valence-electron chi connectivity index (χ1n) is 6.22. The van der Waals surface area contributed by atoms with Crippen molar-refractivity contribution in [2.75, 3.05) is 13.1 Å². The van der Waals surface area contributed by atoms with Gasteiger partial charge in [-0.3, -0.25) is 0 Å².